The van der Waals surface area contributed by atoms with Crippen LogP contribution in [0.1, 0.15) is 66.3 Å². The molecule has 3 aromatic rings. The van der Waals surface area contributed by atoms with E-state index in [0.29, 0.717) is 22.1 Å². The average Bonchev–Trinajstić information content (AvgIpc) is 3.38. The summed E-state index contributed by atoms with van der Waals surface area (Å²) in [5, 5.41) is 8.23. The predicted octanol–water partition coefficient (Wildman–Crippen LogP) is 7.06. The number of hydrogen-bond acceptors (Lipinski definition) is 4. The highest BCUT2D eigenvalue weighted by Gasteiger charge is 2.37. The van der Waals surface area contributed by atoms with Gasteiger partial charge in [0.15, 0.2) is 6.17 Å². The van der Waals surface area contributed by atoms with Crippen LogP contribution in [0.15, 0.2) is 40.8 Å². The summed E-state index contributed by atoms with van der Waals surface area (Å²) in [5.74, 6) is 2.07. The summed E-state index contributed by atoms with van der Waals surface area (Å²) >= 11 is 7.86. The van der Waals surface area contributed by atoms with E-state index in [-0.39, 0.29) is 12.1 Å². The molecule has 1 aliphatic heterocycles. The molecule has 1 aromatic carbocycles. The lowest BCUT2D eigenvalue weighted by atomic mass is 9.69. The van der Waals surface area contributed by atoms with Gasteiger partial charge >= 0.3 is 0 Å². The second-order valence-corrected chi connectivity index (χ2v) is 10.8. The Labute approximate surface area is 192 Å². The summed E-state index contributed by atoms with van der Waals surface area (Å²) < 4.78 is 6.07. The van der Waals surface area contributed by atoms with Crippen LogP contribution in [0.3, 0.4) is 0 Å². The standard InChI is InChI=1S/C25H27ClN2O2S/c1-4-25(2,3)15-8-9-17-20(13-15)31-24-21(17)23(29)27-22(28-24)19-11-10-18(30-19)14-6-5-7-16(26)12-14/h5-7,10-12,15,22,28H,4,8-9,13H2,1-3H3,(H,27,29)/t15-,22+/m1/s1. The van der Waals surface area contributed by atoms with E-state index >= 15 is 0 Å². The van der Waals surface area contributed by atoms with Crippen molar-refractivity contribution in [1.82, 2.24) is 5.32 Å². The largest absolute Gasteiger partial charge is 0.457 e. The van der Waals surface area contributed by atoms with Gasteiger partial charge in [-0.3, -0.25) is 4.79 Å². The van der Waals surface area contributed by atoms with Gasteiger partial charge < -0.3 is 15.1 Å². The number of hydrogen-bond donors (Lipinski definition) is 2. The number of benzene rings is 1. The molecule has 162 valence electrons. The molecule has 0 saturated heterocycles. The fraction of sp³-hybridized carbons (Fsp3) is 0.400. The molecule has 31 heavy (non-hydrogen) atoms. The fourth-order valence-corrected chi connectivity index (χ4v) is 6.24. The van der Waals surface area contributed by atoms with Gasteiger partial charge in [-0.2, -0.15) is 0 Å². The van der Waals surface area contributed by atoms with E-state index in [2.05, 4.69) is 31.4 Å². The van der Waals surface area contributed by atoms with E-state index in [4.69, 9.17) is 16.0 Å². The van der Waals surface area contributed by atoms with Crippen molar-refractivity contribution in [2.24, 2.45) is 11.3 Å². The van der Waals surface area contributed by atoms with Crippen LogP contribution in [0.4, 0.5) is 5.00 Å². The highest BCUT2D eigenvalue weighted by Crippen LogP contribution is 2.47. The minimum absolute atomic E-state index is 0.00911. The molecule has 2 atom stereocenters. The van der Waals surface area contributed by atoms with E-state index in [1.165, 1.54) is 16.9 Å². The Balaban J connectivity index is 1.40. The minimum Gasteiger partial charge on any atom is -0.457 e. The zero-order chi connectivity index (χ0) is 21.8. The first kappa shape index (κ1) is 20.7. The van der Waals surface area contributed by atoms with Crippen LogP contribution >= 0.6 is 22.9 Å². The summed E-state index contributed by atoms with van der Waals surface area (Å²) in [6, 6.07) is 11.4. The smallest absolute Gasteiger partial charge is 0.256 e. The zero-order valence-corrected chi connectivity index (χ0v) is 19.6. The lowest BCUT2D eigenvalue weighted by Crippen LogP contribution is -2.38. The number of halogens is 1. The van der Waals surface area contributed by atoms with Crippen LogP contribution in [0.25, 0.3) is 11.3 Å². The van der Waals surface area contributed by atoms with Crippen molar-refractivity contribution in [1.29, 1.82) is 0 Å². The normalized spacial score (nSPS) is 20.6. The molecule has 5 rings (SSSR count). The first-order valence-corrected chi connectivity index (χ1v) is 12.1. The summed E-state index contributed by atoms with van der Waals surface area (Å²) in [6.07, 6.45) is 3.99. The Bertz CT molecular complexity index is 1150. The van der Waals surface area contributed by atoms with Gasteiger partial charge in [0.1, 0.15) is 16.5 Å². The molecule has 0 spiro atoms. The maximum absolute atomic E-state index is 13.1. The van der Waals surface area contributed by atoms with Crippen LogP contribution < -0.4 is 10.6 Å². The van der Waals surface area contributed by atoms with Crippen LogP contribution in [-0.4, -0.2) is 5.91 Å². The van der Waals surface area contributed by atoms with Crippen molar-refractivity contribution in [3.63, 3.8) is 0 Å². The summed E-state index contributed by atoms with van der Waals surface area (Å²) in [4.78, 5) is 14.4. The number of carbonyl (C=O) groups excluding carboxylic acids is 1. The third kappa shape index (κ3) is 3.68. The molecule has 1 amide bonds. The van der Waals surface area contributed by atoms with Gasteiger partial charge in [0.2, 0.25) is 0 Å². The van der Waals surface area contributed by atoms with Gasteiger partial charge in [-0.25, -0.2) is 0 Å². The number of rotatable bonds is 4. The average molecular weight is 455 g/mol. The maximum Gasteiger partial charge on any atom is 0.256 e. The maximum atomic E-state index is 13.1. The number of carbonyl (C=O) groups is 1. The van der Waals surface area contributed by atoms with Crippen molar-refractivity contribution in [2.75, 3.05) is 5.32 Å². The van der Waals surface area contributed by atoms with Gasteiger partial charge in [-0.15, -0.1) is 11.3 Å². The minimum atomic E-state index is -0.379. The molecule has 2 N–H and O–H groups in total. The molecule has 0 unspecified atom stereocenters. The second-order valence-electron chi connectivity index (χ2n) is 9.25. The number of thiophene rings is 1. The number of furan rings is 1. The van der Waals surface area contributed by atoms with Crippen molar-refractivity contribution < 1.29 is 9.21 Å². The first-order valence-electron chi connectivity index (χ1n) is 10.9. The molecular weight excluding hydrogens is 428 g/mol. The lowest BCUT2D eigenvalue weighted by molar-refractivity contribution is 0.0930. The molecular formula is C25H27ClN2O2S. The van der Waals surface area contributed by atoms with Crippen LogP contribution in [0.2, 0.25) is 5.02 Å². The molecule has 4 nitrogen and oxygen atoms in total. The molecule has 0 bridgehead atoms. The zero-order valence-electron chi connectivity index (χ0n) is 18.0. The summed E-state index contributed by atoms with van der Waals surface area (Å²) in [6.45, 7) is 7.01. The second kappa shape index (κ2) is 7.72. The van der Waals surface area contributed by atoms with Crippen molar-refractivity contribution >= 4 is 33.8 Å². The van der Waals surface area contributed by atoms with Crippen molar-refractivity contribution in [3.05, 3.63) is 63.2 Å². The third-order valence-electron chi connectivity index (χ3n) is 7.08. The molecule has 2 aliphatic rings. The number of nitrogens with one attached hydrogen (secondary N) is 2. The number of amides is 1. The number of fused-ring (bicyclic) bond motifs is 3. The topological polar surface area (TPSA) is 54.3 Å². The summed E-state index contributed by atoms with van der Waals surface area (Å²) in [5.41, 5.74) is 3.32. The number of anilines is 1. The molecule has 0 saturated carbocycles. The van der Waals surface area contributed by atoms with Gasteiger partial charge in [-0.1, -0.05) is 50.9 Å². The molecule has 2 aromatic heterocycles. The van der Waals surface area contributed by atoms with E-state index in [1.54, 1.807) is 11.3 Å². The SMILES string of the molecule is CCC(C)(C)[C@@H]1CCc2c(sc3c2C(=O)N[C@H](c2ccc(-c4cccc(Cl)c4)o2)N3)C1. The van der Waals surface area contributed by atoms with Gasteiger partial charge in [-0.05, 0) is 60.4 Å². The highest BCUT2D eigenvalue weighted by molar-refractivity contribution is 7.16. The Morgan fingerprint density at radius 1 is 1.23 bits per heavy atom. The van der Waals surface area contributed by atoms with E-state index in [0.717, 1.165) is 41.2 Å². The van der Waals surface area contributed by atoms with Crippen LogP contribution in [0.5, 0.6) is 0 Å². The highest BCUT2D eigenvalue weighted by atomic mass is 35.5. The van der Waals surface area contributed by atoms with Crippen molar-refractivity contribution in [2.45, 2.75) is 52.6 Å². The van der Waals surface area contributed by atoms with Gasteiger partial charge in [0, 0.05) is 15.5 Å². The Morgan fingerprint density at radius 2 is 2.06 bits per heavy atom. The quantitative estimate of drug-likeness (QED) is 0.443. The monoisotopic (exact) mass is 454 g/mol. The predicted molar refractivity (Wildman–Crippen MR) is 127 cm³/mol. The van der Waals surface area contributed by atoms with Crippen molar-refractivity contribution in [3.8, 4) is 11.3 Å². The molecule has 3 heterocycles. The molecule has 6 heteroatoms. The molecule has 1 aliphatic carbocycles. The van der Waals surface area contributed by atoms with Crippen LogP contribution in [0, 0.1) is 11.3 Å². The Kier molecular flexibility index (Phi) is 5.14. The third-order valence-corrected chi connectivity index (χ3v) is 8.50. The van der Waals surface area contributed by atoms with Gasteiger partial charge in [0.05, 0.1) is 5.56 Å². The Hall–Kier alpha value is -2.24. The van der Waals surface area contributed by atoms with E-state index in [1.807, 2.05) is 36.4 Å². The first-order chi connectivity index (χ1) is 14.9. The summed E-state index contributed by atoms with van der Waals surface area (Å²) in [7, 11) is 0. The van der Waals surface area contributed by atoms with Crippen LogP contribution in [-0.2, 0) is 12.8 Å². The van der Waals surface area contributed by atoms with Gasteiger partial charge in [0.25, 0.3) is 5.91 Å². The van der Waals surface area contributed by atoms with E-state index in [9.17, 15) is 4.79 Å². The van der Waals surface area contributed by atoms with E-state index < -0.39 is 0 Å². The molecule has 0 fully saturated rings. The fourth-order valence-electron chi connectivity index (χ4n) is 4.70. The molecule has 0 radical (unpaired) electrons. The lowest BCUT2D eigenvalue weighted by Gasteiger charge is -2.36. The Morgan fingerprint density at radius 3 is 2.84 bits per heavy atom.